The van der Waals surface area contributed by atoms with Crippen molar-refractivity contribution < 1.29 is 19.1 Å². The van der Waals surface area contributed by atoms with E-state index in [-0.39, 0.29) is 4.32 Å². The maximum Gasteiger partial charge on any atom is 0.323 e. The van der Waals surface area contributed by atoms with E-state index in [0.29, 0.717) is 32.0 Å². The Morgan fingerprint density at radius 2 is 2.08 bits per heavy atom. The Balaban J connectivity index is 1.87. The fourth-order valence-electron chi connectivity index (χ4n) is 2.17. The standard InChI is InChI=1S/C16H9Cl2NO4S2/c17-10-3-1-2-9(14(10)18)11-5-4-8(23-11)6-12-15(22)19(7-13(20)21)16(24)25-12/h1-6H,7H2,(H,20,21). The fraction of sp³-hybridized carbons (Fsp3) is 0.0625. The lowest BCUT2D eigenvalue weighted by atomic mass is 10.2. The highest BCUT2D eigenvalue weighted by molar-refractivity contribution is 8.26. The van der Waals surface area contributed by atoms with Crippen molar-refractivity contribution in [2.45, 2.75) is 0 Å². The maximum absolute atomic E-state index is 12.2. The first-order valence-electron chi connectivity index (χ1n) is 6.88. The van der Waals surface area contributed by atoms with Crippen molar-refractivity contribution in [2.24, 2.45) is 0 Å². The molecule has 3 rings (SSSR count). The maximum atomic E-state index is 12.2. The van der Waals surface area contributed by atoms with Crippen LogP contribution in [0.15, 0.2) is 39.7 Å². The van der Waals surface area contributed by atoms with Gasteiger partial charge in [-0.25, -0.2) is 0 Å². The summed E-state index contributed by atoms with van der Waals surface area (Å²) in [6.45, 7) is -0.469. The minimum Gasteiger partial charge on any atom is -0.480 e. The number of benzene rings is 1. The SMILES string of the molecule is O=C(O)CN1C(=O)C(=Cc2ccc(-c3cccc(Cl)c3Cl)o2)SC1=S. The number of halogens is 2. The zero-order valence-electron chi connectivity index (χ0n) is 12.4. The summed E-state index contributed by atoms with van der Waals surface area (Å²) >= 11 is 18.2. The van der Waals surface area contributed by atoms with Crippen molar-refractivity contribution in [3.8, 4) is 11.3 Å². The van der Waals surface area contributed by atoms with E-state index in [0.717, 1.165) is 16.7 Å². The van der Waals surface area contributed by atoms with Crippen molar-refractivity contribution in [3.63, 3.8) is 0 Å². The number of carboxylic acids is 1. The van der Waals surface area contributed by atoms with Crippen LogP contribution in [0.2, 0.25) is 10.0 Å². The zero-order valence-corrected chi connectivity index (χ0v) is 15.5. The number of nitrogens with zero attached hydrogens (tertiary/aromatic N) is 1. The van der Waals surface area contributed by atoms with E-state index >= 15 is 0 Å². The number of hydrogen-bond acceptors (Lipinski definition) is 5. The van der Waals surface area contributed by atoms with Crippen LogP contribution in [0.25, 0.3) is 17.4 Å². The molecular formula is C16H9Cl2NO4S2. The lowest BCUT2D eigenvalue weighted by molar-refractivity contribution is -0.140. The van der Waals surface area contributed by atoms with E-state index in [1.165, 1.54) is 6.08 Å². The summed E-state index contributed by atoms with van der Waals surface area (Å²) in [7, 11) is 0. The van der Waals surface area contributed by atoms with Crippen LogP contribution in [0.5, 0.6) is 0 Å². The third-order valence-electron chi connectivity index (χ3n) is 3.28. The topological polar surface area (TPSA) is 70.8 Å². The van der Waals surface area contributed by atoms with Crippen LogP contribution in [-0.2, 0) is 9.59 Å². The molecule has 1 fully saturated rings. The summed E-state index contributed by atoms with van der Waals surface area (Å²) in [5.74, 6) is -0.675. The quantitative estimate of drug-likeness (QED) is 0.585. The molecule has 0 saturated carbocycles. The number of furan rings is 1. The van der Waals surface area contributed by atoms with Crippen molar-refractivity contribution in [2.75, 3.05) is 6.54 Å². The summed E-state index contributed by atoms with van der Waals surface area (Å²) in [4.78, 5) is 24.4. The van der Waals surface area contributed by atoms with Gasteiger partial charge in [-0.3, -0.25) is 14.5 Å². The highest BCUT2D eigenvalue weighted by Crippen LogP contribution is 2.36. The summed E-state index contributed by atoms with van der Waals surface area (Å²) < 4.78 is 5.90. The van der Waals surface area contributed by atoms with Crippen molar-refractivity contribution in [1.82, 2.24) is 4.90 Å². The lowest BCUT2D eigenvalue weighted by Crippen LogP contribution is -2.33. The monoisotopic (exact) mass is 413 g/mol. The second kappa shape index (κ2) is 7.21. The number of carbonyl (C=O) groups is 2. The molecule has 2 aromatic rings. The van der Waals surface area contributed by atoms with Crippen LogP contribution in [0.3, 0.4) is 0 Å². The van der Waals surface area contributed by atoms with E-state index in [9.17, 15) is 9.59 Å². The molecule has 0 radical (unpaired) electrons. The third kappa shape index (κ3) is 3.74. The van der Waals surface area contributed by atoms with Gasteiger partial charge in [-0.1, -0.05) is 53.2 Å². The molecule has 1 N–H and O–H groups in total. The summed E-state index contributed by atoms with van der Waals surface area (Å²) in [5.41, 5.74) is 0.632. The molecule has 2 heterocycles. The Morgan fingerprint density at radius 1 is 1.32 bits per heavy atom. The van der Waals surface area contributed by atoms with Crippen LogP contribution < -0.4 is 0 Å². The van der Waals surface area contributed by atoms with Crippen LogP contribution in [0, 0.1) is 0 Å². The Bertz CT molecular complexity index is 923. The average Bonchev–Trinajstić information content (AvgIpc) is 3.11. The number of hydrogen-bond donors (Lipinski definition) is 1. The molecule has 9 heteroatoms. The molecule has 25 heavy (non-hydrogen) atoms. The minimum absolute atomic E-state index is 0.198. The largest absolute Gasteiger partial charge is 0.480 e. The van der Waals surface area contributed by atoms with Gasteiger partial charge in [-0.15, -0.1) is 0 Å². The highest BCUT2D eigenvalue weighted by Gasteiger charge is 2.33. The first-order valence-corrected chi connectivity index (χ1v) is 8.86. The predicted octanol–water partition coefficient (Wildman–Crippen LogP) is 4.54. The number of thiocarbonyl (C=S) groups is 1. The molecular weight excluding hydrogens is 405 g/mol. The van der Waals surface area contributed by atoms with Crippen molar-refractivity contribution >= 4 is 69.5 Å². The second-order valence-electron chi connectivity index (χ2n) is 4.96. The fourth-order valence-corrected chi connectivity index (χ4v) is 3.80. The molecule has 1 saturated heterocycles. The highest BCUT2D eigenvalue weighted by atomic mass is 35.5. The molecule has 0 atom stereocenters. The summed E-state index contributed by atoms with van der Waals surface area (Å²) in [6.07, 6.45) is 1.52. The van der Waals surface area contributed by atoms with Gasteiger partial charge in [0.25, 0.3) is 5.91 Å². The van der Waals surface area contributed by atoms with Crippen molar-refractivity contribution in [3.05, 3.63) is 51.0 Å². The van der Waals surface area contributed by atoms with Gasteiger partial charge in [0, 0.05) is 11.6 Å². The lowest BCUT2D eigenvalue weighted by Gasteiger charge is -2.09. The van der Waals surface area contributed by atoms with Crippen LogP contribution >= 0.6 is 47.2 Å². The van der Waals surface area contributed by atoms with Gasteiger partial charge >= 0.3 is 5.97 Å². The number of carbonyl (C=O) groups excluding carboxylic acids is 1. The smallest absolute Gasteiger partial charge is 0.323 e. The Kier molecular flexibility index (Phi) is 5.19. The van der Waals surface area contributed by atoms with Gasteiger partial charge in [0.05, 0.1) is 15.0 Å². The molecule has 128 valence electrons. The number of thioether (sulfide) groups is 1. The normalized spacial score (nSPS) is 16.1. The molecule has 1 amide bonds. The van der Waals surface area contributed by atoms with E-state index in [2.05, 4.69) is 0 Å². The molecule has 0 unspecified atom stereocenters. The summed E-state index contributed by atoms with van der Waals surface area (Å²) in [5, 5.41) is 9.62. The molecule has 0 aliphatic carbocycles. The molecule has 1 aromatic carbocycles. The van der Waals surface area contributed by atoms with Gasteiger partial charge in [-0.2, -0.15) is 0 Å². The molecule has 5 nitrogen and oxygen atoms in total. The molecule has 0 bridgehead atoms. The minimum atomic E-state index is -1.13. The molecule has 1 aliphatic heterocycles. The van der Waals surface area contributed by atoms with E-state index in [1.54, 1.807) is 30.3 Å². The number of aliphatic carboxylic acids is 1. The molecule has 1 aromatic heterocycles. The number of rotatable bonds is 4. The van der Waals surface area contributed by atoms with Crippen LogP contribution in [0.1, 0.15) is 5.76 Å². The van der Waals surface area contributed by atoms with Crippen LogP contribution in [-0.4, -0.2) is 32.7 Å². The zero-order chi connectivity index (χ0) is 18.1. The van der Waals surface area contributed by atoms with Gasteiger partial charge in [0.2, 0.25) is 0 Å². The van der Waals surface area contributed by atoms with Gasteiger partial charge in [-0.05, 0) is 24.3 Å². The predicted molar refractivity (Wildman–Crippen MR) is 102 cm³/mol. The number of carboxylic acid groups (broad SMARTS) is 1. The number of amides is 1. The van der Waals surface area contributed by atoms with E-state index < -0.39 is 18.4 Å². The van der Waals surface area contributed by atoms with Gasteiger partial charge in [0.15, 0.2) is 0 Å². The first-order chi connectivity index (χ1) is 11.9. The van der Waals surface area contributed by atoms with Gasteiger partial charge < -0.3 is 9.52 Å². The Hall–Kier alpha value is -1.80. The summed E-state index contributed by atoms with van der Waals surface area (Å²) in [6, 6.07) is 8.58. The average molecular weight is 414 g/mol. The Morgan fingerprint density at radius 3 is 2.80 bits per heavy atom. The molecule has 0 spiro atoms. The van der Waals surface area contributed by atoms with Gasteiger partial charge in [0.1, 0.15) is 22.4 Å². The second-order valence-corrected chi connectivity index (χ2v) is 7.43. The van der Waals surface area contributed by atoms with E-state index in [1.807, 2.05) is 0 Å². The third-order valence-corrected chi connectivity index (χ3v) is 5.48. The first kappa shape index (κ1) is 18.0. The Labute approximate surface area is 162 Å². The van der Waals surface area contributed by atoms with E-state index in [4.69, 9.17) is 44.9 Å². The molecule has 1 aliphatic rings. The van der Waals surface area contributed by atoms with Crippen LogP contribution in [0.4, 0.5) is 0 Å². The van der Waals surface area contributed by atoms with Crippen molar-refractivity contribution in [1.29, 1.82) is 0 Å².